The predicted octanol–water partition coefficient (Wildman–Crippen LogP) is 9.30. The van der Waals surface area contributed by atoms with Gasteiger partial charge in [0.05, 0.1) is 5.69 Å². The summed E-state index contributed by atoms with van der Waals surface area (Å²) in [6, 6.07) is 51.6. The van der Waals surface area contributed by atoms with Crippen molar-refractivity contribution in [3.05, 3.63) is 179 Å². The van der Waals surface area contributed by atoms with Gasteiger partial charge in [-0.05, 0) is 62.4 Å². The van der Waals surface area contributed by atoms with E-state index in [0.29, 0.717) is 0 Å². The summed E-state index contributed by atoms with van der Waals surface area (Å²) < 4.78 is 0. The summed E-state index contributed by atoms with van der Waals surface area (Å²) >= 11 is 0. The van der Waals surface area contributed by atoms with E-state index in [1.54, 1.807) is 12.3 Å². The summed E-state index contributed by atoms with van der Waals surface area (Å²) in [5.41, 5.74) is 8.46. The summed E-state index contributed by atoms with van der Waals surface area (Å²) in [5, 5.41) is 12.6. The standard InChI is InChI=1S/C37H27NO/c39-35-25-22-27-12-10-11-19-33(27)34(35)26-38-32-23-20-31(21-24-32)37(30-17-8-3-9-18-30)36(28-13-4-1-5-14-28)29-15-6-2-7-16-29/h1-26,39H. The molecule has 0 amide bonds. The zero-order valence-corrected chi connectivity index (χ0v) is 21.4. The summed E-state index contributed by atoms with van der Waals surface area (Å²) in [4.78, 5) is 4.72. The van der Waals surface area contributed by atoms with E-state index in [2.05, 4.69) is 97.1 Å². The van der Waals surface area contributed by atoms with Gasteiger partial charge in [-0.1, -0.05) is 133 Å². The maximum Gasteiger partial charge on any atom is 0.124 e. The van der Waals surface area contributed by atoms with Gasteiger partial charge in [-0.25, -0.2) is 0 Å². The lowest BCUT2D eigenvalue weighted by molar-refractivity contribution is 0.475. The van der Waals surface area contributed by atoms with E-state index in [0.717, 1.165) is 49.9 Å². The molecular formula is C37H27NO. The number of phenols is 1. The number of hydrogen-bond acceptors (Lipinski definition) is 2. The van der Waals surface area contributed by atoms with Crippen LogP contribution in [0, 0.1) is 0 Å². The van der Waals surface area contributed by atoms with Crippen LogP contribution in [0.25, 0.3) is 21.9 Å². The highest BCUT2D eigenvalue weighted by Gasteiger charge is 2.16. The van der Waals surface area contributed by atoms with E-state index in [-0.39, 0.29) is 5.75 Å². The van der Waals surface area contributed by atoms with Crippen molar-refractivity contribution in [3.63, 3.8) is 0 Å². The lowest BCUT2D eigenvalue weighted by atomic mass is 9.86. The monoisotopic (exact) mass is 501 g/mol. The molecule has 0 saturated heterocycles. The molecule has 0 aliphatic heterocycles. The van der Waals surface area contributed by atoms with Crippen molar-refractivity contribution in [2.75, 3.05) is 0 Å². The van der Waals surface area contributed by atoms with Crippen LogP contribution in [-0.4, -0.2) is 11.3 Å². The lowest BCUT2D eigenvalue weighted by Crippen LogP contribution is -1.97. The molecule has 0 atom stereocenters. The minimum absolute atomic E-state index is 0.221. The molecule has 0 bridgehead atoms. The van der Waals surface area contributed by atoms with E-state index in [1.807, 2.05) is 48.5 Å². The molecule has 6 aromatic rings. The van der Waals surface area contributed by atoms with E-state index < -0.39 is 0 Å². The molecular weight excluding hydrogens is 474 g/mol. The highest BCUT2D eigenvalue weighted by molar-refractivity contribution is 6.05. The highest BCUT2D eigenvalue weighted by atomic mass is 16.3. The second kappa shape index (κ2) is 11.0. The molecule has 39 heavy (non-hydrogen) atoms. The molecule has 0 spiro atoms. The van der Waals surface area contributed by atoms with Crippen molar-refractivity contribution in [1.29, 1.82) is 0 Å². The first kappa shape index (κ1) is 24.1. The molecule has 6 rings (SSSR count). The van der Waals surface area contributed by atoms with Crippen LogP contribution in [0.4, 0.5) is 5.69 Å². The van der Waals surface area contributed by atoms with Crippen molar-refractivity contribution in [2.45, 2.75) is 0 Å². The van der Waals surface area contributed by atoms with Crippen LogP contribution >= 0.6 is 0 Å². The maximum absolute atomic E-state index is 10.5. The summed E-state index contributed by atoms with van der Waals surface area (Å²) in [7, 11) is 0. The van der Waals surface area contributed by atoms with Gasteiger partial charge in [0.1, 0.15) is 5.75 Å². The molecule has 2 heteroatoms. The second-order valence-corrected chi connectivity index (χ2v) is 9.37. The Morgan fingerprint density at radius 3 is 1.46 bits per heavy atom. The molecule has 0 unspecified atom stereocenters. The van der Waals surface area contributed by atoms with E-state index in [9.17, 15) is 5.11 Å². The van der Waals surface area contributed by atoms with Crippen LogP contribution in [0.15, 0.2) is 157 Å². The first-order valence-corrected chi connectivity index (χ1v) is 13.0. The smallest absolute Gasteiger partial charge is 0.124 e. The normalized spacial score (nSPS) is 11.1. The molecule has 0 aromatic heterocycles. The van der Waals surface area contributed by atoms with Gasteiger partial charge in [0.15, 0.2) is 0 Å². The molecule has 0 aliphatic rings. The Morgan fingerprint density at radius 2 is 0.923 bits per heavy atom. The zero-order chi connectivity index (χ0) is 26.4. The maximum atomic E-state index is 10.5. The molecule has 0 fully saturated rings. The molecule has 6 aromatic carbocycles. The highest BCUT2D eigenvalue weighted by Crippen LogP contribution is 2.37. The van der Waals surface area contributed by atoms with Gasteiger partial charge in [0.25, 0.3) is 0 Å². The first-order chi connectivity index (χ1) is 19.3. The number of benzene rings is 6. The SMILES string of the molecule is Oc1ccc2ccccc2c1C=Nc1ccc(C(=C(c2ccccc2)c2ccccc2)c2ccccc2)cc1. The number of fused-ring (bicyclic) bond motifs is 1. The average Bonchev–Trinajstić information content (AvgIpc) is 3.01. The third-order valence-corrected chi connectivity index (χ3v) is 6.88. The Bertz CT molecular complexity index is 1730. The molecule has 2 nitrogen and oxygen atoms in total. The number of rotatable bonds is 6. The third-order valence-electron chi connectivity index (χ3n) is 6.88. The van der Waals surface area contributed by atoms with Crippen LogP contribution in [0.2, 0.25) is 0 Å². The molecule has 186 valence electrons. The Morgan fingerprint density at radius 1 is 0.462 bits per heavy atom. The van der Waals surface area contributed by atoms with Crippen LogP contribution < -0.4 is 0 Å². The Kier molecular flexibility index (Phi) is 6.83. The van der Waals surface area contributed by atoms with Crippen LogP contribution in [0.1, 0.15) is 27.8 Å². The van der Waals surface area contributed by atoms with Crippen LogP contribution in [0.5, 0.6) is 5.75 Å². The van der Waals surface area contributed by atoms with Gasteiger partial charge < -0.3 is 5.11 Å². The van der Waals surface area contributed by atoms with E-state index >= 15 is 0 Å². The molecule has 0 saturated carbocycles. The van der Waals surface area contributed by atoms with Crippen molar-refractivity contribution in [3.8, 4) is 5.75 Å². The minimum Gasteiger partial charge on any atom is -0.507 e. The van der Waals surface area contributed by atoms with Gasteiger partial charge in [-0.2, -0.15) is 0 Å². The van der Waals surface area contributed by atoms with Gasteiger partial charge >= 0.3 is 0 Å². The third kappa shape index (κ3) is 5.14. The van der Waals surface area contributed by atoms with Gasteiger partial charge in [0, 0.05) is 11.8 Å². The van der Waals surface area contributed by atoms with Crippen molar-refractivity contribution in [2.24, 2.45) is 4.99 Å². The van der Waals surface area contributed by atoms with Crippen molar-refractivity contribution >= 4 is 33.8 Å². The van der Waals surface area contributed by atoms with E-state index in [1.165, 1.54) is 5.57 Å². The number of nitrogens with zero attached hydrogens (tertiary/aromatic N) is 1. The number of aliphatic imine (C=N–C) groups is 1. The first-order valence-electron chi connectivity index (χ1n) is 13.0. The van der Waals surface area contributed by atoms with Crippen LogP contribution in [-0.2, 0) is 0 Å². The second-order valence-electron chi connectivity index (χ2n) is 9.37. The molecule has 0 radical (unpaired) electrons. The predicted molar refractivity (Wildman–Crippen MR) is 164 cm³/mol. The minimum atomic E-state index is 0.221. The Labute approximate surface area is 228 Å². The molecule has 0 heterocycles. The number of hydrogen-bond donors (Lipinski definition) is 1. The fraction of sp³-hybridized carbons (Fsp3) is 0. The van der Waals surface area contributed by atoms with Crippen LogP contribution in [0.3, 0.4) is 0 Å². The topological polar surface area (TPSA) is 32.6 Å². The van der Waals surface area contributed by atoms with E-state index in [4.69, 9.17) is 4.99 Å². The van der Waals surface area contributed by atoms with Gasteiger partial charge in [0.2, 0.25) is 0 Å². The quantitative estimate of drug-likeness (QED) is 0.179. The Hall–Kier alpha value is -5.21. The molecule has 0 aliphatic carbocycles. The summed E-state index contributed by atoms with van der Waals surface area (Å²) in [5.74, 6) is 0.221. The summed E-state index contributed by atoms with van der Waals surface area (Å²) in [6.07, 6.45) is 1.75. The largest absolute Gasteiger partial charge is 0.507 e. The fourth-order valence-electron chi connectivity index (χ4n) is 5.00. The molecule has 1 N–H and O–H groups in total. The van der Waals surface area contributed by atoms with Gasteiger partial charge in [-0.3, -0.25) is 4.99 Å². The summed E-state index contributed by atoms with van der Waals surface area (Å²) in [6.45, 7) is 0. The zero-order valence-electron chi connectivity index (χ0n) is 21.4. The lowest BCUT2D eigenvalue weighted by Gasteiger charge is -2.18. The number of aromatic hydroxyl groups is 1. The van der Waals surface area contributed by atoms with Crippen molar-refractivity contribution in [1.82, 2.24) is 0 Å². The van der Waals surface area contributed by atoms with Crippen molar-refractivity contribution < 1.29 is 5.11 Å². The fourth-order valence-corrected chi connectivity index (χ4v) is 5.00. The van der Waals surface area contributed by atoms with Gasteiger partial charge in [-0.15, -0.1) is 0 Å². The average molecular weight is 502 g/mol. The number of phenolic OH excluding ortho intramolecular Hbond substituents is 1. The Balaban J connectivity index is 1.47.